The number of hydrogen-bond donors (Lipinski definition) is 2. The number of nitrogens with zero attached hydrogens (tertiary/aromatic N) is 2. The monoisotopic (exact) mass is 268 g/mol. The fraction of sp³-hybridized carbons (Fsp3) is 0.500. The van der Waals surface area contributed by atoms with E-state index >= 15 is 0 Å². The molecule has 1 fully saturated rings. The van der Waals surface area contributed by atoms with Crippen LogP contribution in [0.3, 0.4) is 0 Å². The summed E-state index contributed by atoms with van der Waals surface area (Å²) in [6.45, 7) is 2.06. The molecule has 1 amide bonds. The van der Waals surface area contributed by atoms with Crippen molar-refractivity contribution in [2.24, 2.45) is 5.73 Å². The van der Waals surface area contributed by atoms with Crippen molar-refractivity contribution in [3.63, 3.8) is 0 Å². The summed E-state index contributed by atoms with van der Waals surface area (Å²) in [5.41, 5.74) is 5.71. The van der Waals surface area contributed by atoms with Crippen LogP contribution >= 0.6 is 11.6 Å². The van der Waals surface area contributed by atoms with E-state index in [1.54, 1.807) is 12.1 Å². The molecule has 1 aromatic rings. The van der Waals surface area contributed by atoms with Crippen LogP contribution in [0.2, 0.25) is 5.15 Å². The van der Waals surface area contributed by atoms with Crippen molar-refractivity contribution in [1.29, 1.82) is 0 Å². The minimum atomic E-state index is -0.491. The summed E-state index contributed by atoms with van der Waals surface area (Å²) in [7, 11) is 2.10. The molecule has 1 aliphatic heterocycles. The van der Waals surface area contributed by atoms with Gasteiger partial charge < -0.3 is 16.0 Å². The fourth-order valence-corrected chi connectivity index (χ4v) is 2.24. The van der Waals surface area contributed by atoms with Crippen molar-refractivity contribution >= 4 is 23.3 Å². The molecule has 0 unspecified atom stereocenters. The lowest BCUT2D eigenvalue weighted by molar-refractivity contribution is 0.100. The van der Waals surface area contributed by atoms with Gasteiger partial charge in [-0.2, -0.15) is 0 Å². The van der Waals surface area contributed by atoms with Gasteiger partial charge in [0.2, 0.25) is 0 Å². The number of amides is 1. The van der Waals surface area contributed by atoms with E-state index in [4.69, 9.17) is 17.3 Å². The second-order valence-electron chi connectivity index (χ2n) is 4.62. The maximum absolute atomic E-state index is 11.3. The number of rotatable bonds is 3. The van der Waals surface area contributed by atoms with Gasteiger partial charge in [-0.05, 0) is 45.1 Å². The van der Waals surface area contributed by atoms with Crippen molar-refractivity contribution in [2.75, 3.05) is 25.5 Å². The number of halogens is 1. The van der Waals surface area contributed by atoms with Crippen molar-refractivity contribution in [3.8, 4) is 0 Å². The first-order chi connectivity index (χ1) is 8.56. The van der Waals surface area contributed by atoms with Gasteiger partial charge >= 0.3 is 0 Å². The van der Waals surface area contributed by atoms with Gasteiger partial charge in [-0.15, -0.1) is 0 Å². The molecular weight excluding hydrogens is 252 g/mol. The van der Waals surface area contributed by atoms with Crippen LogP contribution in [0.4, 0.5) is 5.82 Å². The Morgan fingerprint density at radius 1 is 1.50 bits per heavy atom. The Morgan fingerprint density at radius 2 is 2.17 bits per heavy atom. The largest absolute Gasteiger partial charge is 0.367 e. The van der Waals surface area contributed by atoms with Gasteiger partial charge in [0.25, 0.3) is 5.91 Å². The Hall–Kier alpha value is -1.33. The van der Waals surface area contributed by atoms with Crippen molar-refractivity contribution in [3.05, 3.63) is 22.8 Å². The molecule has 1 aromatic heterocycles. The van der Waals surface area contributed by atoms with E-state index < -0.39 is 5.91 Å². The number of anilines is 1. The lowest BCUT2D eigenvalue weighted by atomic mass is 10.1. The van der Waals surface area contributed by atoms with E-state index in [-0.39, 0.29) is 0 Å². The summed E-state index contributed by atoms with van der Waals surface area (Å²) in [5.74, 6) is -0.000790. The first-order valence-corrected chi connectivity index (χ1v) is 6.35. The minimum absolute atomic E-state index is 0.310. The smallest absolute Gasteiger partial charge is 0.252 e. The Morgan fingerprint density at radius 3 is 2.78 bits per heavy atom. The zero-order valence-corrected chi connectivity index (χ0v) is 11.1. The Bertz CT molecular complexity index is 444. The summed E-state index contributed by atoms with van der Waals surface area (Å²) in [5, 5.41) is 3.63. The zero-order valence-electron chi connectivity index (χ0n) is 10.3. The van der Waals surface area contributed by atoms with Gasteiger partial charge in [0, 0.05) is 6.04 Å². The van der Waals surface area contributed by atoms with E-state index in [1.165, 1.54) is 0 Å². The maximum atomic E-state index is 11.3. The molecular formula is C12H17ClN4O. The lowest BCUT2D eigenvalue weighted by Gasteiger charge is -2.30. The number of nitrogens with one attached hydrogen (secondary N) is 1. The normalized spacial score (nSPS) is 17.7. The quantitative estimate of drug-likeness (QED) is 0.812. The second kappa shape index (κ2) is 5.54. The molecule has 3 N–H and O–H groups in total. The third-order valence-corrected chi connectivity index (χ3v) is 3.40. The molecule has 18 heavy (non-hydrogen) atoms. The number of piperidine rings is 1. The summed E-state index contributed by atoms with van der Waals surface area (Å²) in [4.78, 5) is 17.7. The topological polar surface area (TPSA) is 71.2 Å². The number of pyridine rings is 1. The van der Waals surface area contributed by atoms with Gasteiger partial charge in [-0.3, -0.25) is 4.79 Å². The van der Waals surface area contributed by atoms with Crippen molar-refractivity contribution < 1.29 is 4.79 Å². The van der Waals surface area contributed by atoms with E-state index in [0.717, 1.165) is 25.9 Å². The van der Waals surface area contributed by atoms with Gasteiger partial charge in [0.05, 0.1) is 5.56 Å². The van der Waals surface area contributed by atoms with Crippen LogP contribution in [0.15, 0.2) is 12.1 Å². The average Bonchev–Trinajstić information content (AvgIpc) is 2.32. The van der Waals surface area contributed by atoms with Crippen LogP contribution < -0.4 is 11.1 Å². The van der Waals surface area contributed by atoms with Gasteiger partial charge in [0.15, 0.2) is 0 Å². The second-order valence-corrected chi connectivity index (χ2v) is 5.00. The molecule has 0 spiro atoms. The third kappa shape index (κ3) is 3.11. The Balaban J connectivity index is 2.12. The molecule has 6 heteroatoms. The predicted octanol–water partition coefficient (Wildman–Crippen LogP) is 1.34. The van der Waals surface area contributed by atoms with Crippen LogP contribution in [-0.2, 0) is 0 Å². The summed E-state index contributed by atoms with van der Waals surface area (Å²) < 4.78 is 0. The van der Waals surface area contributed by atoms with Crippen LogP contribution in [0.25, 0.3) is 0 Å². The van der Waals surface area contributed by atoms with E-state index in [1.807, 2.05) is 0 Å². The molecule has 2 heterocycles. The van der Waals surface area contributed by atoms with Gasteiger partial charge in [-0.25, -0.2) is 4.98 Å². The average molecular weight is 269 g/mol. The third-order valence-electron chi connectivity index (χ3n) is 3.19. The molecule has 2 rings (SSSR count). The number of primary amides is 1. The molecule has 0 aliphatic carbocycles. The SMILES string of the molecule is CN1CCC(Nc2nc(Cl)ccc2C(N)=O)CC1. The summed E-state index contributed by atoms with van der Waals surface area (Å²) >= 11 is 5.85. The zero-order chi connectivity index (χ0) is 13.1. The van der Waals surface area contributed by atoms with E-state index in [9.17, 15) is 4.79 Å². The predicted molar refractivity (Wildman–Crippen MR) is 71.9 cm³/mol. The van der Waals surface area contributed by atoms with E-state index in [0.29, 0.717) is 22.6 Å². The lowest BCUT2D eigenvalue weighted by Crippen LogP contribution is -2.37. The first kappa shape index (κ1) is 13.1. The molecule has 1 saturated heterocycles. The molecule has 0 atom stereocenters. The van der Waals surface area contributed by atoms with Crippen LogP contribution in [0.5, 0.6) is 0 Å². The Labute approximate surface area is 111 Å². The number of carbonyl (C=O) groups excluding carboxylic acids is 1. The highest BCUT2D eigenvalue weighted by Crippen LogP contribution is 2.20. The van der Waals surface area contributed by atoms with Crippen LogP contribution in [0.1, 0.15) is 23.2 Å². The molecule has 0 bridgehead atoms. The van der Waals surface area contributed by atoms with E-state index in [2.05, 4.69) is 22.2 Å². The van der Waals surface area contributed by atoms with Crippen molar-refractivity contribution in [1.82, 2.24) is 9.88 Å². The minimum Gasteiger partial charge on any atom is -0.367 e. The molecule has 98 valence electrons. The van der Waals surface area contributed by atoms with Gasteiger partial charge in [0.1, 0.15) is 11.0 Å². The standard InChI is InChI=1S/C12H17ClN4O/c1-17-6-4-8(5-7-17)15-12-9(11(14)18)2-3-10(13)16-12/h2-3,8H,4-7H2,1H3,(H2,14,18)(H,15,16). The first-order valence-electron chi connectivity index (χ1n) is 5.97. The molecule has 1 aliphatic rings. The summed E-state index contributed by atoms with van der Waals surface area (Å²) in [6, 6.07) is 3.49. The fourth-order valence-electron chi connectivity index (χ4n) is 2.09. The number of nitrogens with two attached hydrogens (primary N) is 1. The summed E-state index contributed by atoms with van der Waals surface area (Å²) in [6.07, 6.45) is 2.03. The van der Waals surface area contributed by atoms with Crippen LogP contribution in [0, 0.1) is 0 Å². The molecule has 0 saturated carbocycles. The Kier molecular flexibility index (Phi) is 4.04. The number of carbonyl (C=O) groups is 1. The maximum Gasteiger partial charge on any atom is 0.252 e. The molecule has 0 aromatic carbocycles. The highest BCUT2D eigenvalue weighted by molar-refractivity contribution is 6.29. The highest BCUT2D eigenvalue weighted by atomic mass is 35.5. The van der Waals surface area contributed by atoms with Crippen LogP contribution in [-0.4, -0.2) is 42.0 Å². The highest BCUT2D eigenvalue weighted by Gasteiger charge is 2.19. The number of likely N-dealkylation sites (tertiary alicyclic amines) is 1. The van der Waals surface area contributed by atoms with Gasteiger partial charge in [-0.1, -0.05) is 11.6 Å². The van der Waals surface area contributed by atoms with Crippen molar-refractivity contribution in [2.45, 2.75) is 18.9 Å². The number of hydrogen-bond acceptors (Lipinski definition) is 4. The number of aromatic nitrogens is 1. The molecule has 5 nitrogen and oxygen atoms in total. The molecule has 0 radical (unpaired) electrons.